The zero-order valence-electron chi connectivity index (χ0n) is 9.07. The van der Waals surface area contributed by atoms with Crippen molar-refractivity contribution in [2.45, 2.75) is 32.0 Å². The second kappa shape index (κ2) is 4.95. The van der Waals surface area contributed by atoms with Crippen LogP contribution in [-0.2, 0) is 11.3 Å². The highest BCUT2D eigenvalue weighted by molar-refractivity contribution is 9.11. The van der Waals surface area contributed by atoms with Crippen molar-refractivity contribution >= 4 is 27.3 Å². The fourth-order valence-electron chi connectivity index (χ4n) is 2.10. The van der Waals surface area contributed by atoms with Gasteiger partial charge in [0.25, 0.3) is 0 Å². The van der Waals surface area contributed by atoms with Crippen molar-refractivity contribution in [1.29, 1.82) is 0 Å². The predicted molar refractivity (Wildman–Crippen MR) is 67.3 cm³/mol. The minimum atomic E-state index is 0.374. The van der Waals surface area contributed by atoms with Crippen LogP contribution in [0.2, 0.25) is 0 Å². The molecule has 0 N–H and O–H groups in total. The lowest BCUT2D eigenvalue weighted by atomic mass is 10.1. The van der Waals surface area contributed by atoms with Gasteiger partial charge in [0.1, 0.15) is 0 Å². The average Bonchev–Trinajstić information content (AvgIpc) is 2.75. The van der Waals surface area contributed by atoms with Gasteiger partial charge < -0.3 is 4.74 Å². The first-order valence-corrected chi connectivity index (χ1v) is 6.84. The maximum absolute atomic E-state index is 5.58. The Morgan fingerprint density at radius 3 is 2.93 bits per heavy atom. The molecule has 0 bridgehead atoms. The van der Waals surface area contributed by atoms with Crippen LogP contribution >= 0.6 is 27.3 Å². The van der Waals surface area contributed by atoms with Gasteiger partial charge in [0.15, 0.2) is 0 Å². The molecule has 2 atom stereocenters. The van der Waals surface area contributed by atoms with Gasteiger partial charge in [-0.25, -0.2) is 0 Å². The third kappa shape index (κ3) is 2.81. The Labute approximate surface area is 103 Å². The third-order valence-electron chi connectivity index (χ3n) is 2.94. The van der Waals surface area contributed by atoms with E-state index < -0.39 is 0 Å². The molecule has 1 aromatic heterocycles. The predicted octanol–water partition coefficient (Wildman–Crippen LogP) is 3.12. The van der Waals surface area contributed by atoms with Gasteiger partial charge in [0.2, 0.25) is 0 Å². The zero-order valence-corrected chi connectivity index (χ0v) is 11.5. The molecule has 4 heteroatoms. The molecule has 84 valence electrons. The molecule has 2 unspecified atom stereocenters. The van der Waals surface area contributed by atoms with Crippen molar-refractivity contribution < 1.29 is 4.74 Å². The summed E-state index contributed by atoms with van der Waals surface area (Å²) in [5, 5.41) is 0. The Kier molecular flexibility index (Phi) is 3.83. The molecule has 15 heavy (non-hydrogen) atoms. The molecule has 2 heterocycles. The fraction of sp³-hybridized carbons (Fsp3) is 0.636. The summed E-state index contributed by atoms with van der Waals surface area (Å²) in [6.07, 6.45) is 1.53. The summed E-state index contributed by atoms with van der Waals surface area (Å²) in [6, 6.07) is 4.87. The maximum Gasteiger partial charge on any atom is 0.0703 e. The molecule has 2 rings (SSSR count). The lowest BCUT2D eigenvalue weighted by molar-refractivity contribution is 0.0817. The fourth-order valence-corrected chi connectivity index (χ4v) is 3.65. The summed E-state index contributed by atoms with van der Waals surface area (Å²) in [7, 11) is 2.18. The maximum atomic E-state index is 5.58. The van der Waals surface area contributed by atoms with Crippen molar-refractivity contribution in [3.05, 3.63) is 20.8 Å². The first-order valence-electron chi connectivity index (χ1n) is 5.23. The smallest absolute Gasteiger partial charge is 0.0703 e. The van der Waals surface area contributed by atoms with Crippen LogP contribution in [0.25, 0.3) is 0 Å². The summed E-state index contributed by atoms with van der Waals surface area (Å²) >= 11 is 5.30. The second-order valence-corrected chi connectivity index (χ2v) is 6.60. The zero-order chi connectivity index (χ0) is 10.8. The quantitative estimate of drug-likeness (QED) is 0.848. The molecule has 0 amide bonds. The molecule has 0 saturated carbocycles. The van der Waals surface area contributed by atoms with Crippen molar-refractivity contribution in [1.82, 2.24) is 4.90 Å². The highest BCUT2D eigenvalue weighted by Gasteiger charge is 2.27. The van der Waals surface area contributed by atoms with Crippen molar-refractivity contribution in [2.24, 2.45) is 0 Å². The van der Waals surface area contributed by atoms with Gasteiger partial charge in [-0.3, -0.25) is 4.90 Å². The standard InChI is InChI=1S/C11H16BrNOS/c1-8-10(5-6-14-8)13(2)7-9-3-4-11(12)15-9/h3-4,8,10H,5-7H2,1-2H3. The molecule has 1 fully saturated rings. The lowest BCUT2D eigenvalue weighted by Crippen LogP contribution is -2.35. The van der Waals surface area contributed by atoms with E-state index in [1.165, 1.54) is 8.66 Å². The number of hydrogen-bond donors (Lipinski definition) is 0. The number of halogens is 1. The molecule has 2 nitrogen and oxygen atoms in total. The molecule has 0 aliphatic carbocycles. The van der Waals surface area contributed by atoms with Crippen LogP contribution in [-0.4, -0.2) is 30.7 Å². The largest absolute Gasteiger partial charge is 0.377 e. The number of rotatable bonds is 3. The number of nitrogens with zero attached hydrogens (tertiary/aromatic N) is 1. The molecular formula is C11H16BrNOS. The van der Waals surface area contributed by atoms with Crippen LogP contribution in [0.1, 0.15) is 18.2 Å². The minimum absolute atomic E-state index is 0.374. The molecule has 1 aliphatic heterocycles. The first kappa shape index (κ1) is 11.6. The molecule has 1 aliphatic rings. The van der Waals surface area contributed by atoms with Crippen molar-refractivity contribution in [3.63, 3.8) is 0 Å². The highest BCUT2D eigenvalue weighted by Crippen LogP contribution is 2.25. The van der Waals surface area contributed by atoms with E-state index in [4.69, 9.17) is 4.74 Å². The number of likely N-dealkylation sites (N-methyl/N-ethyl adjacent to an activating group) is 1. The first-order chi connectivity index (χ1) is 7.16. The van der Waals surface area contributed by atoms with Crippen LogP contribution in [0.4, 0.5) is 0 Å². The van der Waals surface area contributed by atoms with E-state index in [0.29, 0.717) is 12.1 Å². The molecular weight excluding hydrogens is 274 g/mol. The number of thiophene rings is 1. The molecule has 0 spiro atoms. The van der Waals surface area contributed by atoms with E-state index in [1.807, 2.05) is 11.3 Å². The summed E-state index contributed by atoms with van der Waals surface area (Å²) in [4.78, 5) is 3.80. The highest BCUT2D eigenvalue weighted by atomic mass is 79.9. The van der Waals surface area contributed by atoms with Gasteiger partial charge in [0.05, 0.1) is 9.89 Å². The average molecular weight is 290 g/mol. The SMILES string of the molecule is CC1OCCC1N(C)Cc1ccc(Br)s1. The summed E-state index contributed by atoms with van der Waals surface area (Å²) in [6.45, 7) is 4.09. The van der Waals surface area contributed by atoms with E-state index in [9.17, 15) is 0 Å². The topological polar surface area (TPSA) is 12.5 Å². The molecule has 0 aromatic carbocycles. The Morgan fingerprint density at radius 2 is 2.40 bits per heavy atom. The van der Waals surface area contributed by atoms with Crippen LogP contribution in [0.5, 0.6) is 0 Å². The molecule has 1 saturated heterocycles. The van der Waals surface area contributed by atoms with Crippen molar-refractivity contribution in [3.8, 4) is 0 Å². The van der Waals surface area contributed by atoms with Gasteiger partial charge in [-0.05, 0) is 48.5 Å². The van der Waals surface area contributed by atoms with Crippen molar-refractivity contribution in [2.75, 3.05) is 13.7 Å². The summed E-state index contributed by atoms with van der Waals surface area (Å²) in [5.74, 6) is 0. The summed E-state index contributed by atoms with van der Waals surface area (Å²) in [5.41, 5.74) is 0. The van der Waals surface area contributed by atoms with E-state index >= 15 is 0 Å². The monoisotopic (exact) mass is 289 g/mol. The van der Waals surface area contributed by atoms with Gasteiger partial charge in [-0.1, -0.05) is 0 Å². The second-order valence-electron chi connectivity index (χ2n) is 4.05. The van der Waals surface area contributed by atoms with Gasteiger partial charge in [-0.15, -0.1) is 11.3 Å². The van der Waals surface area contributed by atoms with Gasteiger partial charge in [0, 0.05) is 24.1 Å². The van der Waals surface area contributed by atoms with Gasteiger partial charge >= 0.3 is 0 Å². The normalized spacial score (nSPS) is 26.4. The Balaban J connectivity index is 1.94. The molecule has 0 radical (unpaired) electrons. The van der Waals surface area contributed by atoms with Crippen LogP contribution in [0.3, 0.4) is 0 Å². The van der Waals surface area contributed by atoms with Crippen LogP contribution < -0.4 is 0 Å². The number of hydrogen-bond acceptors (Lipinski definition) is 3. The summed E-state index contributed by atoms with van der Waals surface area (Å²) < 4.78 is 6.79. The Morgan fingerprint density at radius 1 is 1.60 bits per heavy atom. The van der Waals surface area contributed by atoms with Crippen LogP contribution in [0, 0.1) is 0 Å². The minimum Gasteiger partial charge on any atom is -0.377 e. The van der Waals surface area contributed by atoms with E-state index in [0.717, 1.165) is 19.6 Å². The molecule has 1 aromatic rings. The van der Waals surface area contributed by atoms with Crippen LogP contribution in [0.15, 0.2) is 15.9 Å². The van der Waals surface area contributed by atoms with E-state index in [-0.39, 0.29) is 0 Å². The lowest BCUT2D eigenvalue weighted by Gasteiger charge is -2.25. The van der Waals surface area contributed by atoms with Gasteiger partial charge in [-0.2, -0.15) is 0 Å². The van der Waals surface area contributed by atoms with E-state index in [2.05, 4.69) is 46.9 Å². The Bertz CT molecular complexity index is 328. The third-order valence-corrected chi connectivity index (χ3v) is 4.54. The van der Waals surface area contributed by atoms with E-state index in [1.54, 1.807) is 0 Å². The number of ether oxygens (including phenoxy) is 1. The Hall–Kier alpha value is 0.1000.